The third-order valence-electron chi connectivity index (χ3n) is 4.07. The zero-order chi connectivity index (χ0) is 19.2. The Hall–Kier alpha value is -3.48. The summed E-state index contributed by atoms with van der Waals surface area (Å²) >= 11 is 0. The largest absolute Gasteiger partial charge is 0.454 e. The lowest BCUT2D eigenvalue weighted by Crippen LogP contribution is -2.32. The van der Waals surface area contributed by atoms with Crippen molar-refractivity contribution in [1.29, 1.82) is 0 Å². The van der Waals surface area contributed by atoms with Gasteiger partial charge in [-0.2, -0.15) is 0 Å². The third-order valence-corrected chi connectivity index (χ3v) is 4.07. The second kappa shape index (κ2) is 8.27. The highest BCUT2D eigenvalue weighted by Crippen LogP contribution is 2.10. The van der Waals surface area contributed by atoms with Crippen LogP contribution in [0.25, 0.3) is 10.9 Å². The summed E-state index contributed by atoms with van der Waals surface area (Å²) < 4.78 is 6.13. The molecule has 0 aliphatic carbocycles. The van der Waals surface area contributed by atoms with Gasteiger partial charge in [0.2, 0.25) is 0 Å². The molecule has 3 aromatic rings. The summed E-state index contributed by atoms with van der Waals surface area (Å²) in [5, 5.41) is 3.17. The van der Waals surface area contributed by atoms with Gasteiger partial charge >= 0.3 is 5.97 Å². The molecule has 0 bridgehead atoms. The molecule has 1 atom stereocenters. The monoisotopic (exact) mass is 365 g/mol. The first-order valence-corrected chi connectivity index (χ1v) is 8.48. The highest BCUT2D eigenvalue weighted by molar-refractivity contribution is 5.81. The van der Waals surface area contributed by atoms with E-state index in [4.69, 9.17) is 4.74 Å². The van der Waals surface area contributed by atoms with Crippen LogP contribution < -0.4 is 10.9 Å². The van der Waals surface area contributed by atoms with Crippen molar-refractivity contribution in [2.75, 3.05) is 6.61 Å². The van der Waals surface area contributed by atoms with Crippen molar-refractivity contribution >= 4 is 22.8 Å². The number of hydrogen-bond donors (Lipinski definition) is 1. The minimum atomic E-state index is -0.684. The highest BCUT2D eigenvalue weighted by Gasteiger charge is 2.13. The van der Waals surface area contributed by atoms with Gasteiger partial charge in [-0.1, -0.05) is 42.5 Å². The van der Waals surface area contributed by atoms with Gasteiger partial charge in [-0.3, -0.25) is 19.0 Å². The highest BCUT2D eigenvalue weighted by atomic mass is 16.5. The predicted octanol–water partition coefficient (Wildman–Crippen LogP) is 1.82. The van der Waals surface area contributed by atoms with Crippen LogP contribution in [-0.2, 0) is 20.9 Å². The summed E-state index contributed by atoms with van der Waals surface area (Å²) in [6.07, 6.45) is 1.30. The summed E-state index contributed by atoms with van der Waals surface area (Å²) in [4.78, 5) is 40.4. The van der Waals surface area contributed by atoms with Crippen LogP contribution in [0.5, 0.6) is 0 Å². The zero-order valence-electron chi connectivity index (χ0n) is 14.8. The van der Waals surface area contributed by atoms with Crippen molar-refractivity contribution < 1.29 is 14.3 Å². The smallest absolute Gasteiger partial charge is 0.326 e. The molecule has 0 aliphatic rings. The number of benzene rings is 2. The molecule has 7 nitrogen and oxygen atoms in total. The van der Waals surface area contributed by atoms with E-state index in [0.717, 1.165) is 10.1 Å². The summed E-state index contributed by atoms with van der Waals surface area (Å²) in [7, 11) is 0. The zero-order valence-corrected chi connectivity index (χ0v) is 14.8. The van der Waals surface area contributed by atoms with Gasteiger partial charge in [0, 0.05) is 0 Å². The number of nitrogens with zero attached hydrogens (tertiary/aromatic N) is 2. The Kier molecular flexibility index (Phi) is 5.61. The first-order chi connectivity index (χ1) is 13.0. The number of esters is 1. The van der Waals surface area contributed by atoms with Crippen LogP contribution in [0, 0.1) is 0 Å². The number of carbonyl (C=O) groups is 2. The number of amides is 1. The maximum Gasteiger partial charge on any atom is 0.326 e. The van der Waals surface area contributed by atoms with E-state index < -0.39 is 18.5 Å². The molecule has 0 radical (unpaired) electrons. The number of nitrogens with one attached hydrogen (secondary N) is 1. The molecular formula is C20H19N3O4. The first kappa shape index (κ1) is 18.3. The normalized spacial score (nSPS) is 11.7. The molecule has 0 fully saturated rings. The van der Waals surface area contributed by atoms with Crippen LogP contribution in [0.4, 0.5) is 0 Å². The van der Waals surface area contributed by atoms with Crippen molar-refractivity contribution in [2.24, 2.45) is 0 Å². The fourth-order valence-electron chi connectivity index (χ4n) is 2.66. The van der Waals surface area contributed by atoms with Crippen LogP contribution in [-0.4, -0.2) is 28.0 Å². The molecule has 27 heavy (non-hydrogen) atoms. The molecule has 1 N–H and O–H groups in total. The van der Waals surface area contributed by atoms with Gasteiger partial charge in [-0.05, 0) is 24.6 Å². The summed E-state index contributed by atoms with van der Waals surface area (Å²) in [6.45, 7) is 1.12. The Morgan fingerprint density at radius 1 is 1.11 bits per heavy atom. The fraction of sp³-hybridized carbons (Fsp3) is 0.200. The van der Waals surface area contributed by atoms with E-state index in [9.17, 15) is 14.4 Å². The van der Waals surface area contributed by atoms with Gasteiger partial charge in [0.1, 0.15) is 6.54 Å². The molecule has 1 heterocycles. The molecule has 0 spiro atoms. The van der Waals surface area contributed by atoms with E-state index in [1.54, 1.807) is 24.3 Å². The van der Waals surface area contributed by atoms with E-state index >= 15 is 0 Å². The van der Waals surface area contributed by atoms with Crippen LogP contribution in [0.1, 0.15) is 18.5 Å². The third kappa shape index (κ3) is 4.58. The van der Waals surface area contributed by atoms with E-state index in [0.29, 0.717) is 10.9 Å². The molecule has 7 heteroatoms. The lowest BCUT2D eigenvalue weighted by molar-refractivity contribution is -0.149. The minimum absolute atomic E-state index is 0.204. The second-order valence-corrected chi connectivity index (χ2v) is 6.06. The number of fused-ring (bicyclic) bond motifs is 1. The molecule has 0 saturated heterocycles. The summed E-state index contributed by atoms with van der Waals surface area (Å²) in [5.41, 5.74) is 1.17. The number of rotatable bonds is 6. The molecular weight excluding hydrogens is 346 g/mol. The summed E-state index contributed by atoms with van der Waals surface area (Å²) in [6, 6.07) is 16.1. The SMILES string of the molecule is C[C@@H](NC(=O)COC(=O)Cn1cnc2ccccc2c1=O)c1ccccc1. The maximum absolute atomic E-state index is 12.3. The number of aromatic nitrogens is 2. The Bertz CT molecular complexity index is 1010. The van der Waals surface area contributed by atoms with Crippen LogP contribution >= 0.6 is 0 Å². The quantitative estimate of drug-likeness (QED) is 0.673. The van der Waals surface area contributed by atoms with Gasteiger partial charge in [-0.15, -0.1) is 0 Å². The van der Waals surface area contributed by atoms with Gasteiger partial charge < -0.3 is 10.1 Å². The number of hydrogen-bond acceptors (Lipinski definition) is 5. The molecule has 3 rings (SSSR count). The number of ether oxygens (including phenoxy) is 1. The Balaban J connectivity index is 1.55. The van der Waals surface area contributed by atoms with Gasteiger partial charge in [0.15, 0.2) is 6.61 Å². The standard InChI is InChI=1S/C20H19N3O4/c1-14(15-7-3-2-4-8-15)22-18(24)12-27-19(25)11-23-13-21-17-10-6-5-9-16(17)20(23)26/h2-10,13-14H,11-12H2,1H3,(H,22,24)/t14-/m1/s1. The number of para-hydroxylation sites is 1. The fourth-order valence-corrected chi connectivity index (χ4v) is 2.66. The van der Waals surface area contributed by atoms with E-state index in [1.807, 2.05) is 37.3 Å². The van der Waals surface area contributed by atoms with Crippen LogP contribution in [0.2, 0.25) is 0 Å². The molecule has 1 aromatic heterocycles. The topological polar surface area (TPSA) is 90.3 Å². The van der Waals surface area contributed by atoms with Crippen molar-refractivity contribution in [3.8, 4) is 0 Å². The Labute approximate surface area is 155 Å². The van der Waals surface area contributed by atoms with E-state index in [-0.39, 0.29) is 18.1 Å². The number of carbonyl (C=O) groups excluding carboxylic acids is 2. The molecule has 0 unspecified atom stereocenters. The molecule has 1 amide bonds. The van der Waals surface area contributed by atoms with Gasteiger partial charge in [0.05, 0.1) is 23.3 Å². The van der Waals surface area contributed by atoms with Gasteiger partial charge in [-0.25, -0.2) is 4.98 Å². The minimum Gasteiger partial charge on any atom is -0.454 e. The van der Waals surface area contributed by atoms with Crippen LogP contribution in [0.3, 0.4) is 0 Å². The predicted molar refractivity (Wildman–Crippen MR) is 100.0 cm³/mol. The second-order valence-electron chi connectivity index (χ2n) is 6.06. The lowest BCUT2D eigenvalue weighted by atomic mass is 10.1. The molecule has 0 saturated carbocycles. The van der Waals surface area contributed by atoms with Gasteiger partial charge in [0.25, 0.3) is 11.5 Å². The lowest BCUT2D eigenvalue weighted by Gasteiger charge is -2.14. The maximum atomic E-state index is 12.3. The first-order valence-electron chi connectivity index (χ1n) is 8.48. The molecule has 2 aromatic carbocycles. The van der Waals surface area contributed by atoms with Crippen molar-refractivity contribution in [3.05, 3.63) is 76.8 Å². The van der Waals surface area contributed by atoms with Crippen LogP contribution in [0.15, 0.2) is 65.7 Å². The summed E-state index contributed by atoms with van der Waals surface area (Å²) in [5.74, 6) is -1.10. The van der Waals surface area contributed by atoms with E-state index in [2.05, 4.69) is 10.3 Å². The Morgan fingerprint density at radius 3 is 2.59 bits per heavy atom. The average molecular weight is 365 g/mol. The Morgan fingerprint density at radius 2 is 1.81 bits per heavy atom. The van der Waals surface area contributed by atoms with Crippen molar-refractivity contribution in [3.63, 3.8) is 0 Å². The average Bonchev–Trinajstić information content (AvgIpc) is 2.69. The molecule has 138 valence electrons. The van der Waals surface area contributed by atoms with E-state index in [1.165, 1.54) is 6.33 Å². The van der Waals surface area contributed by atoms with Crippen molar-refractivity contribution in [1.82, 2.24) is 14.9 Å². The molecule has 0 aliphatic heterocycles. The van der Waals surface area contributed by atoms with Crippen molar-refractivity contribution in [2.45, 2.75) is 19.5 Å².